The van der Waals surface area contributed by atoms with E-state index in [4.69, 9.17) is 9.72 Å². The zero-order chi connectivity index (χ0) is 25.2. The molecule has 2 atom stereocenters. The third kappa shape index (κ3) is 5.14. The Morgan fingerprint density at radius 3 is 2.75 bits per heavy atom. The lowest BCUT2D eigenvalue weighted by atomic mass is 9.78. The van der Waals surface area contributed by atoms with Crippen molar-refractivity contribution < 1.29 is 19.0 Å². The summed E-state index contributed by atoms with van der Waals surface area (Å²) in [5.74, 6) is -0.532. The number of aryl methyl sites for hydroxylation is 1. The van der Waals surface area contributed by atoms with Gasteiger partial charge >= 0.3 is 5.97 Å². The fourth-order valence-electron chi connectivity index (χ4n) is 4.96. The van der Waals surface area contributed by atoms with Crippen LogP contribution in [-0.4, -0.2) is 25.6 Å². The van der Waals surface area contributed by atoms with E-state index < -0.39 is 11.9 Å². The second kappa shape index (κ2) is 10.4. The van der Waals surface area contributed by atoms with Gasteiger partial charge in [-0.1, -0.05) is 40.9 Å². The van der Waals surface area contributed by atoms with Crippen molar-refractivity contribution in [3.05, 3.63) is 87.7 Å². The molecule has 0 saturated heterocycles. The second-order valence-electron chi connectivity index (χ2n) is 9.39. The summed E-state index contributed by atoms with van der Waals surface area (Å²) in [6.07, 6.45) is 5.00. The molecule has 36 heavy (non-hydrogen) atoms. The Labute approximate surface area is 217 Å². The Morgan fingerprint density at radius 1 is 1.17 bits per heavy atom. The minimum Gasteiger partial charge on any atom is -0.487 e. The van der Waals surface area contributed by atoms with Gasteiger partial charge in [-0.15, -0.1) is 0 Å². The average Bonchev–Trinajstić information content (AvgIpc) is 3.22. The normalized spacial score (nSPS) is 17.9. The molecule has 0 spiro atoms. The molecule has 0 bridgehead atoms. The van der Waals surface area contributed by atoms with Gasteiger partial charge in [-0.2, -0.15) is 0 Å². The van der Waals surface area contributed by atoms with Gasteiger partial charge in [-0.3, -0.25) is 9.78 Å². The van der Waals surface area contributed by atoms with Gasteiger partial charge in [0, 0.05) is 28.2 Å². The van der Waals surface area contributed by atoms with Gasteiger partial charge in [0.1, 0.15) is 24.0 Å². The van der Waals surface area contributed by atoms with E-state index in [1.807, 2.05) is 41.8 Å². The average molecular weight is 552 g/mol. The number of hydrogen-bond donors (Lipinski definition) is 1. The molecular weight excluding hydrogens is 525 g/mol. The minimum atomic E-state index is -0.803. The van der Waals surface area contributed by atoms with Crippen molar-refractivity contribution in [3.8, 4) is 5.75 Å². The van der Waals surface area contributed by atoms with Crippen LogP contribution in [0.3, 0.4) is 0 Å². The van der Waals surface area contributed by atoms with Crippen molar-refractivity contribution in [2.75, 3.05) is 0 Å². The first kappa shape index (κ1) is 24.4. The molecule has 6 nitrogen and oxygen atoms in total. The van der Waals surface area contributed by atoms with E-state index in [0.29, 0.717) is 34.6 Å². The van der Waals surface area contributed by atoms with Gasteiger partial charge in [0.15, 0.2) is 0 Å². The molecule has 0 unspecified atom stereocenters. The maximum absolute atomic E-state index is 14.8. The number of ether oxygens (including phenoxy) is 1. The third-order valence-electron chi connectivity index (χ3n) is 6.87. The van der Waals surface area contributed by atoms with Crippen LogP contribution in [0, 0.1) is 18.7 Å². The maximum atomic E-state index is 14.8. The lowest BCUT2D eigenvalue weighted by Gasteiger charge is -2.28. The number of fused-ring (bicyclic) bond motifs is 1. The van der Waals surface area contributed by atoms with Crippen LogP contribution in [0.25, 0.3) is 11.0 Å². The van der Waals surface area contributed by atoms with Crippen molar-refractivity contribution in [2.45, 2.75) is 51.7 Å². The van der Waals surface area contributed by atoms with Crippen molar-refractivity contribution in [2.24, 2.45) is 5.92 Å². The van der Waals surface area contributed by atoms with Crippen LogP contribution in [0.15, 0.2) is 59.2 Å². The smallest absolute Gasteiger partial charge is 0.307 e. The molecule has 1 aliphatic rings. The molecule has 2 aromatic carbocycles. The van der Waals surface area contributed by atoms with Crippen molar-refractivity contribution in [1.29, 1.82) is 0 Å². The van der Waals surface area contributed by atoms with E-state index in [1.54, 1.807) is 18.3 Å². The molecule has 1 saturated carbocycles. The standard InChI is InChI=1S/C28H27BrFN3O3/c1-17-6-9-20(31-14-17)16-36-21-10-11-25-26(13-21)33(15-18-7-8-19(29)12-24(18)30)27(32-25)22-4-2-3-5-23(22)28(34)35/h6-14,22-23H,2-5,15-16H2,1H3,(H,34,35)/t22-,23+/m0/s1. The molecule has 0 aliphatic heterocycles. The van der Waals surface area contributed by atoms with Gasteiger partial charge in [-0.05, 0) is 55.7 Å². The number of benzene rings is 2. The number of halogens is 2. The largest absolute Gasteiger partial charge is 0.487 e. The number of rotatable bonds is 7. The topological polar surface area (TPSA) is 77.2 Å². The zero-order valence-corrected chi connectivity index (χ0v) is 21.5. The number of carboxylic acid groups (broad SMARTS) is 1. The summed E-state index contributed by atoms with van der Waals surface area (Å²) in [5, 5.41) is 9.91. The van der Waals surface area contributed by atoms with Crippen LogP contribution in [0.1, 0.15) is 54.2 Å². The molecular formula is C28H27BrFN3O3. The highest BCUT2D eigenvalue weighted by Crippen LogP contribution is 2.39. The molecule has 1 N–H and O–H groups in total. The van der Waals surface area contributed by atoms with Crippen LogP contribution >= 0.6 is 15.9 Å². The summed E-state index contributed by atoms with van der Waals surface area (Å²) in [7, 11) is 0. The maximum Gasteiger partial charge on any atom is 0.307 e. The summed E-state index contributed by atoms with van der Waals surface area (Å²) in [5.41, 5.74) is 3.93. The highest BCUT2D eigenvalue weighted by Gasteiger charge is 2.35. The molecule has 1 fully saturated rings. The van der Waals surface area contributed by atoms with E-state index in [2.05, 4.69) is 20.9 Å². The van der Waals surface area contributed by atoms with Crippen LogP contribution in [0.2, 0.25) is 0 Å². The van der Waals surface area contributed by atoms with Gasteiger partial charge in [-0.25, -0.2) is 9.37 Å². The summed E-state index contributed by atoms with van der Waals surface area (Å²) < 4.78 is 23.5. The van der Waals surface area contributed by atoms with Gasteiger partial charge < -0.3 is 14.4 Å². The molecule has 2 heterocycles. The third-order valence-corrected chi connectivity index (χ3v) is 7.36. The van der Waals surface area contributed by atoms with Crippen LogP contribution in [0.5, 0.6) is 5.75 Å². The molecule has 0 radical (unpaired) electrons. The molecule has 186 valence electrons. The lowest BCUT2D eigenvalue weighted by molar-refractivity contribution is -0.143. The predicted molar refractivity (Wildman–Crippen MR) is 139 cm³/mol. The summed E-state index contributed by atoms with van der Waals surface area (Å²) in [4.78, 5) is 21.4. The molecule has 1 aliphatic carbocycles. The van der Waals surface area contributed by atoms with Crippen molar-refractivity contribution in [1.82, 2.24) is 14.5 Å². The Bertz CT molecular complexity index is 1400. The van der Waals surface area contributed by atoms with Crippen LogP contribution in [-0.2, 0) is 17.9 Å². The highest BCUT2D eigenvalue weighted by molar-refractivity contribution is 9.10. The van der Waals surface area contributed by atoms with Gasteiger partial charge in [0.25, 0.3) is 0 Å². The SMILES string of the molecule is Cc1ccc(COc2ccc3nc([C@H]4CCCC[C@H]4C(=O)O)n(Cc4ccc(Br)cc4F)c3c2)nc1. The van der Waals surface area contributed by atoms with Crippen molar-refractivity contribution in [3.63, 3.8) is 0 Å². The number of hydrogen-bond acceptors (Lipinski definition) is 4. The summed E-state index contributed by atoms with van der Waals surface area (Å²) in [6.45, 7) is 2.55. The Hall–Kier alpha value is -3.26. The summed E-state index contributed by atoms with van der Waals surface area (Å²) >= 11 is 3.32. The number of imidazole rings is 1. The first-order valence-electron chi connectivity index (χ1n) is 12.1. The summed E-state index contributed by atoms with van der Waals surface area (Å²) in [6, 6.07) is 14.5. The van der Waals surface area contributed by atoms with Gasteiger partial charge in [0.2, 0.25) is 0 Å². The van der Waals surface area contributed by atoms with Crippen molar-refractivity contribution >= 4 is 32.9 Å². The Kier molecular flexibility index (Phi) is 7.05. The number of aliphatic carboxylic acids is 1. The molecule has 8 heteroatoms. The first-order valence-corrected chi connectivity index (χ1v) is 12.9. The van der Waals surface area contributed by atoms with Gasteiger partial charge in [0.05, 0.1) is 29.2 Å². The van der Waals surface area contributed by atoms with E-state index >= 15 is 0 Å². The van der Waals surface area contributed by atoms with Crippen LogP contribution < -0.4 is 4.74 Å². The fraction of sp³-hybridized carbons (Fsp3) is 0.321. The highest BCUT2D eigenvalue weighted by atomic mass is 79.9. The molecule has 2 aromatic heterocycles. The van der Waals surface area contributed by atoms with E-state index in [9.17, 15) is 14.3 Å². The number of carbonyl (C=O) groups is 1. The fourth-order valence-corrected chi connectivity index (χ4v) is 5.29. The van der Waals surface area contributed by atoms with E-state index in [-0.39, 0.29) is 18.3 Å². The molecule has 4 aromatic rings. The van der Waals surface area contributed by atoms with E-state index in [0.717, 1.165) is 41.6 Å². The number of aromatic nitrogens is 3. The monoisotopic (exact) mass is 551 g/mol. The molecule has 5 rings (SSSR count). The predicted octanol–water partition coefficient (Wildman–Crippen LogP) is 6.63. The Balaban J connectivity index is 1.55. The minimum absolute atomic E-state index is 0.233. The van der Waals surface area contributed by atoms with E-state index in [1.165, 1.54) is 6.07 Å². The second-order valence-corrected chi connectivity index (χ2v) is 10.3. The lowest BCUT2D eigenvalue weighted by Crippen LogP contribution is -2.28. The quantitative estimate of drug-likeness (QED) is 0.279. The number of pyridine rings is 1. The Morgan fingerprint density at radius 2 is 2.00 bits per heavy atom. The zero-order valence-electron chi connectivity index (χ0n) is 20.0. The molecule has 0 amide bonds. The first-order chi connectivity index (χ1) is 17.4. The number of nitrogens with zero attached hydrogens (tertiary/aromatic N) is 3. The number of carboxylic acids is 1. The van der Waals surface area contributed by atoms with Crippen LogP contribution in [0.4, 0.5) is 4.39 Å².